The smallest absolute Gasteiger partial charge is 0.307 e. The molecule has 4 nitrogen and oxygen atoms in total. The van der Waals surface area contributed by atoms with Crippen molar-refractivity contribution in [3.63, 3.8) is 0 Å². The predicted octanol–water partition coefficient (Wildman–Crippen LogP) is 4.16. The number of nitrogens with one attached hydrogen (secondary N) is 1. The molecule has 0 aliphatic carbocycles. The second-order valence-electron chi connectivity index (χ2n) is 5.55. The van der Waals surface area contributed by atoms with Crippen LogP contribution in [0.25, 0.3) is 0 Å². The van der Waals surface area contributed by atoms with E-state index in [1.165, 1.54) is 24.4 Å². The van der Waals surface area contributed by atoms with Crippen LogP contribution in [0.15, 0.2) is 53.4 Å². The molecule has 0 radical (unpaired) electrons. The van der Waals surface area contributed by atoms with Crippen LogP contribution in [0.1, 0.15) is 23.6 Å². The molecule has 1 unspecified atom stereocenters. The lowest BCUT2D eigenvalue weighted by Gasteiger charge is -2.18. The zero-order valence-electron chi connectivity index (χ0n) is 14.1. The number of halogens is 1. The molecule has 0 aliphatic heterocycles. The zero-order valence-corrected chi connectivity index (χ0v) is 15.7. The highest BCUT2D eigenvalue weighted by Gasteiger charge is 2.19. The number of aryl methyl sites for hydroxylation is 1. The molecule has 0 saturated heterocycles. The Morgan fingerprint density at radius 2 is 1.76 bits per heavy atom. The van der Waals surface area contributed by atoms with Gasteiger partial charge in [0, 0.05) is 9.92 Å². The summed E-state index contributed by atoms with van der Waals surface area (Å²) in [5.41, 5.74) is 1.98. The lowest BCUT2D eigenvalue weighted by molar-refractivity contribution is -0.141. The number of methoxy groups -OCH3 is 1. The molecule has 0 spiro atoms. The maximum Gasteiger partial charge on any atom is 0.307 e. The van der Waals surface area contributed by atoms with Gasteiger partial charge in [0.25, 0.3) is 0 Å². The van der Waals surface area contributed by atoms with Crippen LogP contribution in [-0.4, -0.2) is 24.7 Å². The van der Waals surface area contributed by atoms with Crippen LogP contribution >= 0.6 is 23.4 Å². The Morgan fingerprint density at radius 3 is 2.36 bits per heavy atom. The highest BCUT2D eigenvalue weighted by atomic mass is 35.5. The molecule has 25 heavy (non-hydrogen) atoms. The number of amides is 1. The molecular weight excluding hydrogens is 358 g/mol. The maximum absolute atomic E-state index is 12.3. The molecule has 0 fully saturated rings. The van der Waals surface area contributed by atoms with Crippen LogP contribution in [0.2, 0.25) is 5.02 Å². The van der Waals surface area contributed by atoms with E-state index >= 15 is 0 Å². The van der Waals surface area contributed by atoms with Gasteiger partial charge in [0.05, 0.1) is 25.3 Å². The van der Waals surface area contributed by atoms with Crippen molar-refractivity contribution in [2.24, 2.45) is 0 Å². The molecule has 1 N–H and O–H groups in total. The van der Waals surface area contributed by atoms with Gasteiger partial charge in [0.1, 0.15) is 0 Å². The lowest BCUT2D eigenvalue weighted by atomic mass is 10.0. The van der Waals surface area contributed by atoms with E-state index in [1.807, 2.05) is 31.2 Å². The van der Waals surface area contributed by atoms with E-state index in [1.54, 1.807) is 24.3 Å². The number of hydrogen-bond donors (Lipinski definition) is 1. The van der Waals surface area contributed by atoms with Gasteiger partial charge in [-0.1, -0.05) is 41.4 Å². The second kappa shape index (κ2) is 9.49. The number of carbonyl (C=O) groups excluding carboxylic acids is 2. The Balaban J connectivity index is 1.99. The zero-order chi connectivity index (χ0) is 18.2. The van der Waals surface area contributed by atoms with Crippen LogP contribution in [-0.2, 0) is 14.3 Å². The monoisotopic (exact) mass is 377 g/mol. The fraction of sp³-hybridized carbons (Fsp3) is 0.263. The Bertz CT molecular complexity index is 716. The minimum atomic E-state index is -0.448. The number of rotatable bonds is 7. The molecule has 132 valence electrons. The van der Waals surface area contributed by atoms with Gasteiger partial charge in [-0.05, 0) is 36.8 Å². The lowest BCUT2D eigenvalue weighted by Crippen LogP contribution is -2.31. The van der Waals surface area contributed by atoms with Crippen molar-refractivity contribution in [1.29, 1.82) is 0 Å². The van der Waals surface area contributed by atoms with E-state index < -0.39 is 6.04 Å². The number of benzene rings is 2. The quantitative estimate of drug-likeness (QED) is 0.581. The van der Waals surface area contributed by atoms with Gasteiger partial charge < -0.3 is 10.1 Å². The standard InChI is InChI=1S/C19H20ClNO3S/c1-13-3-9-16(10-4-13)25-12-18(22)21-17(11-19(23)24-2)14-5-7-15(20)8-6-14/h3-10,17H,11-12H2,1-2H3,(H,21,22). The van der Waals surface area contributed by atoms with Gasteiger partial charge >= 0.3 is 5.97 Å². The molecule has 0 aromatic heterocycles. The van der Waals surface area contributed by atoms with Gasteiger partial charge in [0.15, 0.2) is 0 Å². The Kier molecular flexibility index (Phi) is 7.34. The third-order valence-electron chi connectivity index (χ3n) is 3.60. The minimum Gasteiger partial charge on any atom is -0.469 e. The molecule has 2 aromatic carbocycles. The van der Waals surface area contributed by atoms with Crippen molar-refractivity contribution in [2.75, 3.05) is 12.9 Å². The van der Waals surface area contributed by atoms with Gasteiger partial charge in [-0.2, -0.15) is 0 Å². The van der Waals surface area contributed by atoms with Crippen LogP contribution in [0, 0.1) is 6.92 Å². The summed E-state index contributed by atoms with van der Waals surface area (Å²) in [5, 5.41) is 3.49. The summed E-state index contributed by atoms with van der Waals surface area (Å²) in [6.07, 6.45) is 0.0685. The van der Waals surface area contributed by atoms with Gasteiger partial charge in [-0.15, -0.1) is 11.8 Å². The highest BCUT2D eigenvalue weighted by Crippen LogP contribution is 2.22. The van der Waals surface area contributed by atoms with Crippen molar-refractivity contribution in [1.82, 2.24) is 5.32 Å². The summed E-state index contributed by atoms with van der Waals surface area (Å²) in [6, 6.07) is 14.6. The first-order chi connectivity index (χ1) is 12.0. The Hall–Kier alpha value is -1.98. The molecule has 1 amide bonds. The SMILES string of the molecule is COC(=O)CC(NC(=O)CSc1ccc(C)cc1)c1ccc(Cl)cc1. The first-order valence-corrected chi connectivity index (χ1v) is 9.15. The summed E-state index contributed by atoms with van der Waals surface area (Å²) in [4.78, 5) is 25.0. The molecule has 6 heteroatoms. The Labute approximate surface area is 156 Å². The molecule has 0 bridgehead atoms. The normalized spacial score (nSPS) is 11.6. The molecule has 1 atom stereocenters. The van der Waals surface area contributed by atoms with Gasteiger partial charge in [-0.25, -0.2) is 0 Å². The first-order valence-electron chi connectivity index (χ1n) is 7.79. The summed E-state index contributed by atoms with van der Waals surface area (Å²) < 4.78 is 4.73. The molecule has 2 aromatic rings. The third kappa shape index (κ3) is 6.44. The average Bonchev–Trinajstić information content (AvgIpc) is 2.61. The maximum atomic E-state index is 12.3. The van der Waals surface area contributed by atoms with Crippen molar-refractivity contribution in [3.8, 4) is 0 Å². The van der Waals surface area contributed by atoms with Crippen molar-refractivity contribution < 1.29 is 14.3 Å². The van der Waals surface area contributed by atoms with Crippen molar-refractivity contribution in [3.05, 3.63) is 64.7 Å². The summed E-state index contributed by atoms with van der Waals surface area (Å²) in [6.45, 7) is 2.02. The van der Waals surface area contributed by atoms with E-state index in [0.717, 1.165) is 10.5 Å². The topological polar surface area (TPSA) is 55.4 Å². The van der Waals surface area contributed by atoms with E-state index in [-0.39, 0.29) is 24.1 Å². The Morgan fingerprint density at radius 1 is 1.12 bits per heavy atom. The van der Waals surface area contributed by atoms with E-state index in [2.05, 4.69) is 5.32 Å². The predicted molar refractivity (Wildman–Crippen MR) is 101 cm³/mol. The van der Waals surface area contributed by atoms with Crippen molar-refractivity contribution >= 4 is 35.2 Å². The summed E-state index contributed by atoms with van der Waals surface area (Å²) in [5.74, 6) is -0.255. The number of esters is 1. The summed E-state index contributed by atoms with van der Waals surface area (Å²) >= 11 is 7.35. The molecule has 2 rings (SSSR count). The minimum absolute atomic E-state index is 0.0685. The number of carbonyl (C=O) groups is 2. The van der Waals surface area contributed by atoms with Gasteiger partial charge in [0.2, 0.25) is 5.91 Å². The first kappa shape index (κ1) is 19.3. The molecule has 0 heterocycles. The summed E-state index contributed by atoms with van der Waals surface area (Å²) in [7, 11) is 1.33. The number of hydrogen-bond acceptors (Lipinski definition) is 4. The van der Waals surface area contributed by atoms with E-state index in [4.69, 9.17) is 16.3 Å². The van der Waals surface area contributed by atoms with Crippen LogP contribution < -0.4 is 5.32 Å². The average molecular weight is 378 g/mol. The molecular formula is C19H20ClNO3S. The van der Waals surface area contributed by atoms with Crippen LogP contribution in [0.5, 0.6) is 0 Å². The highest BCUT2D eigenvalue weighted by molar-refractivity contribution is 8.00. The largest absolute Gasteiger partial charge is 0.469 e. The molecule has 0 saturated carbocycles. The number of thioether (sulfide) groups is 1. The fourth-order valence-corrected chi connectivity index (χ4v) is 3.05. The van der Waals surface area contributed by atoms with E-state index in [0.29, 0.717) is 5.02 Å². The second-order valence-corrected chi connectivity index (χ2v) is 7.04. The molecule has 0 aliphatic rings. The van der Waals surface area contributed by atoms with E-state index in [9.17, 15) is 9.59 Å². The van der Waals surface area contributed by atoms with Crippen LogP contribution in [0.3, 0.4) is 0 Å². The third-order valence-corrected chi connectivity index (χ3v) is 4.86. The van der Waals surface area contributed by atoms with Crippen LogP contribution in [0.4, 0.5) is 0 Å². The van der Waals surface area contributed by atoms with Gasteiger partial charge in [-0.3, -0.25) is 9.59 Å². The fourth-order valence-electron chi connectivity index (χ4n) is 2.22. The van der Waals surface area contributed by atoms with Crippen molar-refractivity contribution in [2.45, 2.75) is 24.3 Å². The number of ether oxygens (including phenoxy) is 1.